The molecule has 5 heteroatoms. The largest absolute Gasteiger partial charge is 0.489 e. The lowest BCUT2D eigenvalue weighted by molar-refractivity contribution is 0.306. The number of rotatable bonds is 7. The van der Waals surface area contributed by atoms with Crippen molar-refractivity contribution in [3.8, 4) is 5.75 Å². The van der Waals surface area contributed by atoms with E-state index in [9.17, 15) is 0 Å². The van der Waals surface area contributed by atoms with Crippen molar-refractivity contribution < 1.29 is 4.74 Å². The molecule has 0 saturated heterocycles. The first-order valence-electron chi connectivity index (χ1n) is 9.01. The number of thioether (sulfide) groups is 1. The molecular weight excluding hydrogens is 366 g/mol. The second kappa shape index (κ2) is 10.3. The van der Waals surface area contributed by atoms with Gasteiger partial charge in [-0.05, 0) is 47.9 Å². The van der Waals surface area contributed by atoms with Crippen LogP contribution in [0.2, 0.25) is 0 Å². The molecule has 0 aromatic heterocycles. The summed E-state index contributed by atoms with van der Waals surface area (Å²) in [6, 6.07) is 26.2. The second-order valence-electron chi connectivity index (χ2n) is 6.30. The Bertz CT molecular complexity index is 938. The first-order valence-corrected chi connectivity index (χ1v) is 9.99. The van der Waals surface area contributed by atoms with Crippen molar-refractivity contribution in [2.45, 2.75) is 19.3 Å². The predicted octanol–water partition coefficient (Wildman–Crippen LogP) is 5.16. The smallest absolute Gasteiger partial charge is 0.180 e. The van der Waals surface area contributed by atoms with Crippen LogP contribution < -0.4 is 10.5 Å². The van der Waals surface area contributed by atoms with Gasteiger partial charge in [0, 0.05) is 5.75 Å². The van der Waals surface area contributed by atoms with E-state index >= 15 is 0 Å². The lowest BCUT2D eigenvalue weighted by atomic mass is 10.1. The lowest BCUT2D eigenvalue weighted by Crippen LogP contribution is -2.05. The molecule has 3 rings (SSSR count). The summed E-state index contributed by atoms with van der Waals surface area (Å²) in [5.41, 5.74) is 10.4. The summed E-state index contributed by atoms with van der Waals surface area (Å²) in [6.45, 7) is 2.63. The maximum atomic E-state index is 5.89. The van der Waals surface area contributed by atoms with Gasteiger partial charge in [0.05, 0.1) is 6.21 Å². The Balaban J connectivity index is 1.47. The number of nitrogens with two attached hydrogens (primary N) is 1. The van der Waals surface area contributed by atoms with Crippen LogP contribution in [0.3, 0.4) is 0 Å². The molecule has 2 N–H and O–H groups in total. The van der Waals surface area contributed by atoms with E-state index in [1.54, 1.807) is 6.21 Å². The van der Waals surface area contributed by atoms with Crippen LogP contribution in [0.15, 0.2) is 89.1 Å². The molecule has 4 nitrogen and oxygen atoms in total. The van der Waals surface area contributed by atoms with E-state index in [2.05, 4.69) is 47.5 Å². The molecule has 0 heterocycles. The van der Waals surface area contributed by atoms with Gasteiger partial charge in [0.15, 0.2) is 5.17 Å². The zero-order valence-electron chi connectivity index (χ0n) is 15.8. The molecule has 28 heavy (non-hydrogen) atoms. The summed E-state index contributed by atoms with van der Waals surface area (Å²) in [7, 11) is 0. The van der Waals surface area contributed by atoms with Crippen molar-refractivity contribution in [2.75, 3.05) is 0 Å². The summed E-state index contributed by atoms with van der Waals surface area (Å²) in [4.78, 5) is 0. The summed E-state index contributed by atoms with van der Waals surface area (Å²) < 4.78 is 5.82. The predicted molar refractivity (Wildman–Crippen MR) is 119 cm³/mol. The van der Waals surface area contributed by atoms with Gasteiger partial charge in [0.2, 0.25) is 0 Å². The average molecular weight is 390 g/mol. The maximum absolute atomic E-state index is 5.89. The Kier molecular flexibility index (Phi) is 7.27. The molecule has 0 spiro atoms. The maximum Gasteiger partial charge on any atom is 0.180 e. The van der Waals surface area contributed by atoms with Crippen LogP contribution in [0.25, 0.3) is 0 Å². The minimum absolute atomic E-state index is 0.443. The van der Waals surface area contributed by atoms with E-state index in [0.717, 1.165) is 22.6 Å². The average Bonchev–Trinajstić information content (AvgIpc) is 2.72. The van der Waals surface area contributed by atoms with Crippen molar-refractivity contribution in [1.29, 1.82) is 0 Å². The van der Waals surface area contributed by atoms with E-state index in [4.69, 9.17) is 10.5 Å². The highest BCUT2D eigenvalue weighted by Crippen LogP contribution is 2.15. The van der Waals surface area contributed by atoms with Crippen LogP contribution in [0, 0.1) is 6.92 Å². The molecule has 0 aliphatic heterocycles. The SMILES string of the molecule is Cc1cccc(COc2ccc(C=NN=C(N)SCc3ccccc3)cc2)c1. The van der Waals surface area contributed by atoms with Crippen LogP contribution in [0.5, 0.6) is 5.75 Å². The fourth-order valence-electron chi connectivity index (χ4n) is 2.53. The van der Waals surface area contributed by atoms with Gasteiger partial charge in [-0.1, -0.05) is 71.9 Å². The number of nitrogens with zero attached hydrogens (tertiary/aromatic N) is 2. The third-order valence-corrected chi connectivity index (χ3v) is 4.82. The topological polar surface area (TPSA) is 60.0 Å². The van der Waals surface area contributed by atoms with Gasteiger partial charge in [0.1, 0.15) is 12.4 Å². The van der Waals surface area contributed by atoms with Gasteiger partial charge in [0.25, 0.3) is 0 Å². The Hall–Kier alpha value is -3.05. The monoisotopic (exact) mass is 389 g/mol. The molecule has 0 saturated carbocycles. The summed E-state index contributed by atoms with van der Waals surface area (Å²) >= 11 is 1.47. The first kappa shape index (κ1) is 19.7. The fraction of sp³-hybridized carbons (Fsp3) is 0.130. The fourth-order valence-corrected chi connectivity index (χ4v) is 3.14. The quantitative estimate of drug-likeness (QED) is 0.345. The normalized spacial score (nSPS) is 11.7. The van der Waals surface area contributed by atoms with Gasteiger partial charge in [-0.3, -0.25) is 0 Å². The molecule has 0 aliphatic rings. The highest BCUT2D eigenvalue weighted by atomic mass is 32.2. The summed E-state index contributed by atoms with van der Waals surface area (Å²) in [6.07, 6.45) is 1.68. The number of hydrogen-bond donors (Lipinski definition) is 1. The third kappa shape index (κ3) is 6.59. The number of aryl methyl sites for hydroxylation is 1. The summed E-state index contributed by atoms with van der Waals surface area (Å²) in [5, 5.41) is 8.54. The van der Waals surface area contributed by atoms with Gasteiger partial charge >= 0.3 is 0 Å². The van der Waals surface area contributed by atoms with E-state index < -0.39 is 0 Å². The standard InChI is InChI=1S/C23H23N3OS/c1-18-6-5-9-21(14-18)16-27-22-12-10-19(11-13-22)15-25-26-23(24)28-17-20-7-3-2-4-8-20/h2-15H,16-17H2,1H3,(H2,24,26). The molecule has 142 valence electrons. The zero-order chi connectivity index (χ0) is 19.6. The van der Waals surface area contributed by atoms with E-state index in [1.807, 2.05) is 48.5 Å². The molecule has 0 radical (unpaired) electrons. The Morgan fingerprint density at radius 3 is 2.46 bits per heavy atom. The van der Waals surface area contributed by atoms with Gasteiger partial charge < -0.3 is 10.5 Å². The molecular formula is C23H23N3OS. The Morgan fingerprint density at radius 1 is 0.964 bits per heavy atom. The van der Waals surface area contributed by atoms with Gasteiger partial charge in [-0.25, -0.2) is 0 Å². The Morgan fingerprint density at radius 2 is 1.71 bits per heavy atom. The number of hydrogen-bond acceptors (Lipinski definition) is 4. The van der Waals surface area contributed by atoms with E-state index in [1.165, 1.54) is 22.9 Å². The van der Waals surface area contributed by atoms with Crippen LogP contribution in [0.1, 0.15) is 22.3 Å². The van der Waals surface area contributed by atoms with E-state index in [0.29, 0.717) is 11.8 Å². The molecule has 0 bridgehead atoms. The molecule has 0 amide bonds. The highest BCUT2D eigenvalue weighted by molar-refractivity contribution is 8.13. The lowest BCUT2D eigenvalue weighted by Gasteiger charge is -2.07. The van der Waals surface area contributed by atoms with Crippen molar-refractivity contribution in [3.05, 3.63) is 101 Å². The summed E-state index contributed by atoms with van der Waals surface area (Å²) in [5.74, 6) is 1.60. The van der Waals surface area contributed by atoms with Crippen LogP contribution in [-0.4, -0.2) is 11.4 Å². The van der Waals surface area contributed by atoms with Crippen LogP contribution in [0.4, 0.5) is 0 Å². The molecule has 0 fully saturated rings. The van der Waals surface area contributed by atoms with Gasteiger partial charge in [-0.2, -0.15) is 5.10 Å². The van der Waals surface area contributed by atoms with E-state index in [-0.39, 0.29) is 0 Å². The zero-order valence-corrected chi connectivity index (χ0v) is 16.6. The minimum Gasteiger partial charge on any atom is -0.489 e. The molecule has 3 aromatic carbocycles. The van der Waals surface area contributed by atoms with Gasteiger partial charge in [-0.15, -0.1) is 5.10 Å². The molecule has 0 atom stereocenters. The Labute approximate surface area is 170 Å². The first-order chi connectivity index (χ1) is 13.7. The second-order valence-corrected chi connectivity index (χ2v) is 7.30. The number of benzene rings is 3. The minimum atomic E-state index is 0.443. The number of ether oxygens (including phenoxy) is 1. The van der Waals surface area contributed by atoms with Crippen LogP contribution in [-0.2, 0) is 12.4 Å². The van der Waals surface area contributed by atoms with Crippen molar-refractivity contribution >= 4 is 23.1 Å². The van der Waals surface area contributed by atoms with Crippen LogP contribution >= 0.6 is 11.8 Å². The van der Waals surface area contributed by atoms with Crippen molar-refractivity contribution in [1.82, 2.24) is 0 Å². The number of amidine groups is 1. The molecule has 0 aliphatic carbocycles. The molecule has 0 unspecified atom stereocenters. The van der Waals surface area contributed by atoms with Crippen molar-refractivity contribution in [3.63, 3.8) is 0 Å². The highest BCUT2D eigenvalue weighted by Gasteiger charge is 1.98. The third-order valence-electron chi connectivity index (χ3n) is 3.96. The van der Waals surface area contributed by atoms with Crippen molar-refractivity contribution in [2.24, 2.45) is 15.9 Å². The molecule has 3 aromatic rings.